The summed E-state index contributed by atoms with van der Waals surface area (Å²) in [4.78, 5) is 2.63. The van der Waals surface area contributed by atoms with E-state index in [-0.39, 0.29) is 5.54 Å². The molecule has 1 spiro atoms. The van der Waals surface area contributed by atoms with Gasteiger partial charge in [-0.05, 0) is 102 Å². The highest BCUT2D eigenvalue weighted by atomic mass is 15.3. The van der Waals surface area contributed by atoms with Crippen molar-refractivity contribution in [2.75, 3.05) is 4.90 Å². The van der Waals surface area contributed by atoms with Crippen LogP contribution < -0.4 is 4.90 Å². The minimum absolute atomic E-state index is 0.179. The number of para-hydroxylation sites is 1. The van der Waals surface area contributed by atoms with E-state index in [0.29, 0.717) is 5.41 Å². The Hall–Kier alpha value is -0.980. The molecule has 6 rings (SSSR count). The predicted molar refractivity (Wildman–Crippen MR) is 100 cm³/mol. The summed E-state index contributed by atoms with van der Waals surface area (Å²) in [6.07, 6.45) is 8.74. The van der Waals surface area contributed by atoms with Gasteiger partial charge in [-0.15, -0.1) is 0 Å². The van der Waals surface area contributed by atoms with Crippen molar-refractivity contribution in [1.29, 1.82) is 0 Å². The molecule has 1 saturated heterocycles. The predicted octanol–water partition coefficient (Wildman–Crippen LogP) is 5.79. The Morgan fingerprint density at radius 3 is 2.12 bits per heavy atom. The summed E-state index contributed by atoms with van der Waals surface area (Å²) in [6.45, 7) is 11.9. The van der Waals surface area contributed by atoms with Crippen LogP contribution in [0.2, 0.25) is 0 Å². The summed E-state index contributed by atoms with van der Waals surface area (Å²) in [5.41, 5.74) is 3.34. The summed E-state index contributed by atoms with van der Waals surface area (Å²) in [7, 11) is 0. The van der Waals surface area contributed by atoms with Crippen molar-refractivity contribution in [2.24, 2.45) is 29.1 Å². The van der Waals surface area contributed by atoms with E-state index >= 15 is 0 Å². The summed E-state index contributed by atoms with van der Waals surface area (Å²) in [5.74, 6) is 3.85. The standard InChI is InChI=1S/C23H31N/c1-15-7-5-6-8-21(15)24-16(2)23(14-22(24,3)4)19-10-17-9-18(12-19)13-20(23)11-17/h5-8,17-20H,2,9-14H2,1,3-4H3. The number of anilines is 1. The van der Waals surface area contributed by atoms with E-state index in [1.54, 1.807) is 0 Å². The molecular weight excluding hydrogens is 290 g/mol. The maximum Gasteiger partial charge on any atom is 0.0707 e. The molecule has 24 heavy (non-hydrogen) atoms. The molecule has 5 aliphatic rings. The maximum absolute atomic E-state index is 4.77. The van der Waals surface area contributed by atoms with Crippen LogP contribution in [0.5, 0.6) is 0 Å². The topological polar surface area (TPSA) is 3.24 Å². The molecular formula is C23H31N. The van der Waals surface area contributed by atoms with Crippen molar-refractivity contribution in [1.82, 2.24) is 0 Å². The normalized spacial score (nSPS) is 43.1. The SMILES string of the molecule is [CH2][C]1N(c2ccccc2C)C(C)(C)CC12C1CC3CC(C1)CC2C3. The number of rotatable bonds is 1. The molecule has 1 heterocycles. The van der Waals surface area contributed by atoms with Gasteiger partial charge in [0.25, 0.3) is 0 Å². The average Bonchev–Trinajstić information content (AvgIpc) is 2.72. The fourth-order valence-electron chi connectivity index (χ4n) is 7.54. The van der Waals surface area contributed by atoms with Gasteiger partial charge in [0.15, 0.2) is 0 Å². The minimum Gasteiger partial charge on any atom is -0.358 e. The lowest BCUT2D eigenvalue weighted by atomic mass is 9.43. The summed E-state index contributed by atoms with van der Waals surface area (Å²) >= 11 is 0. The summed E-state index contributed by atoms with van der Waals surface area (Å²) in [6, 6.07) is 10.4. The van der Waals surface area contributed by atoms with Crippen LogP contribution >= 0.6 is 0 Å². The zero-order valence-corrected chi connectivity index (χ0v) is 15.5. The molecule has 128 valence electrons. The first kappa shape index (κ1) is 15.3. The number of hydrogen-bond donors (Lipinski definition) is 0. The summed E-state index contributed by atoms with van der Waals surface area (Å²) < 4.78 is 0. The number of nitrogens with zero attached hydrogens (tertiary/aromatic N) is 1. The molecule has 1 heteroatoms. The lowest BCUT2D eigenvalue weighted by Gasteiger charge is -2.61. The van der Waals surface area contributed by atoms with E-state index in [9.17, 15) is 0 Å². The molecule has 0 aromatic heterocycles. The lowest BCUT2D eigenvalue weighted by molar-refractivity contribution is -0.0946. The zero-order chi connectivity index (χ0) is 16.7. The van der Waals surface area contributed by atoms with Crippen molar-refractivity contribution in [3.05, 3.63) is 42.8 Å². The second-order valence-corrected chi connectivity index (χ2v) is 9.90. The second-order valence-electron chi connectivity index (χ2n) is 9.90. The van der Waals surface area contributed by atoms with E-state index in [4.69, 9.17) is 6.92 Å². The van der Waals surface area contributed by atoms with Gasteiger partial charge in [0, 0.05) is 16.6 Å². The van der Waals surface area contributed by atoms with Crippen LogP contribution in [-0.2, 0) is 0 Å². The van der Waals surface area contributed by atoms with E-state index in [0.717, 1.165) is 23.7 Å². The van der Waals surface area contributed by atoms with Gasteiger partial charge >= 0.3 is 0 Å². The molecule has 0 N–H and O–H groups in total. The molecule has 0 atom stereocenters. The van der Waals surface area contributed by atoms with Crippen LogP contribution in [0.15, 0.2) is 24.3 Å². The molecule has 2 radical (unpaired) electrons. The van der Waals surface area contributed by atoms with Crippen molar-refractivity contribution in [3.8, 4) is 0 Å². The Kier molecular flexibility index (Phi) is 3.06. The average molecular weight is 322 g/mol. The molecule has 0 unspecified atom stereocenters. The van der Waals surface area contributed by atoms with Crippen molar-refractivity contribution in [3.63, 3.8) is 0 Å². The van der Waals surface area contributed by atoms with Gasteiger partial charge in [0.05, 0.1) is 6.04 Å². The van der Waals surface area contributed by atoms with Crippen LogP contribution in [0.1, 0.15) is 57.9 Å². The largest absolute Gasteiger partial charge is 0.358 e. The molecule has 1 aromatic rings. The molecule has 0 amide bonds. The minimum atomic E-state index is 0.179. The van der Waals surface area contributed by atoms with E-state index in [2.05, 4.69) is 49.9 Å². The Balaban J connectivity index is 1.60. The third kappa shape index (κ3) is 1.82. The van der Waals surface area contributed by atoms with E-state index in [1.165, 1.54) is 55.8 Å². The van der Waals surface area contributed by atoms with Crippen LogP contribution in [0.4, 0.5) is 5.69 Å². The first-order valence-electron chi connectivity index (χ1n) is 9.97. The highest BCUT2D eigenvalue weighted by Crippen LogP contribution is 2.71. The Bertz CT molecular complexity index is 630. The zero-order valence-electron chi connectivity index (χ0n) is 15.5. The van der Waals surface area contributed by atoms with Crippen LogP contribution in [0.3, 0.4) is 0 Å². The van der Waals surface area contributed by atoms with Gasteiger partial charge in [0.1, 0.15) is 0 Å². The third-order valence-electron chi connectivity index (χ3n) is 8.09. The maximum atomic E-state index is 4.77. The molecule has 4 aliphatic carbocycles. The quantitative estimate of drug-likeness (QED) is 0.632. The first-order chi connectivity index (χ1) is 11.4. The van der Waals surface area contributed by atoms with Gasteiger partial charge in [-0.1, -0.05) is 18.2 Å². The monoisotopic (exact) mass is 321 g/mol. The van der Waals surface area contributed by atoms with Crippen molar-refractivity contribution >= 4 is 5.69 Å². The molecule has 1 nitrogen and oxygen atoms in total. The second kappa shape index (κ2) is 4.80. The van der Waals surface area contributed by atoms with Gasteiger partial charge in [-0.3, -0.25) is 0 Å². The highest BCUT2D eigenvalue weighted by Gasteiger charge is 2.66. The lowest BCUT2D eigenvalue weighted by Crippen LogP contribution is -2.54. The Morgan fingerprint density at radius 2 is 1.54 bits per heavy atom. The molecule has 4 saturated carbocycles. The molecule has 5 fully saturated rings. The van der Waals surface area contributed by atoms with Gasteiger partial charge < -0.3 is 4.90 Å². The number of hydrogen-bond acceptors (Lipinski definition) is 1. The summed E-state index contributed by atoms with van der Waals surface area (Å²) in [5, 5.41) is 0. The fraction of sp³-hybridized carbons (Fsp3) is 0.652. The number of aryl methyl sites for hydroxylation is 1. The highest BCUT2D eigenvalue weighted by molar-refractivity contribution is 5.62. The van der Waals surface area contributed by atoms with Crippen molar-refractivity contribution < 1.29 is 0 Å². The Labute approximate surface area is 147 Å². The molecule has 1 aromatic carbocycles. The van der Waals surface area contributed by atoms with Crippen LogP contribution in [0.25, 0.3) is 0 Å². The smallest absolute Gasteiger partial charge is 0.0707 e. The number of benzene rings is 1. The van der Waals surface area contributed by atoms with Crippen molar-refractivity contribution in [2.45, 2.75) is 64.8 Å². The van der Waals surface area contributed by atoms with Gasteiger partial charge in [-0.25, -0.2) is 0 Å². The first-order valence-corrected chi connectivity index (χ1v) is 9.97. The van der Waals surface area contributed by atoms with Gasteiger partial charge in [-0.2, -0.15) is 0 Å². The van der Waals surface area contributed by atoms with E-state index < -0.39 is 0 Å². The van der Waals surface area contributed by atoms with Gasteiger partial charge in [0.2, 0.25) is 0 Å². The Morgan fingerprint density at radius 1 is 0.958 bits per heavy atom. The van der Waals surface area contributed by atoms with E-state index in [1.807, 2.05) is 0 Å². The fourth-order valence-corrected chi connectivity index (χ4v) is 7.54. The molecule has 4 bridgehead atoms. The van der Waals surface area contributed by atoms with Crippen LogP contribution in [0, 0.1) is 49.0 Å². The van der Waals surface area contributed by atoms with Crippen LogP contribution in [-0.4, -0.2) is 5.54 Å². The molecule has 1 aliphatic heterocycles. The third-order valence-corrected chi connectivity index (χ3v) is 8.09.